The first-order chi connectivity index (χ1) is 8.65. The Morgan fingerprint density at radius 3 is 2.94 bits per heavy atom. The summed E-state index contributed by atoms with van der Waals surface area (Å²) in [5.74, 6) is 0.488. The van der Waals surface area contributed by atoms with Gasteiger partial charge in [-0.15, -0.1) is 0 Å². The predicted octanol–water partition coefficient (Wildman–Crippen LogP) is 1.45. The second-order valence-corrected chi connectivity index (χ2v) is 5.44. The van der Waals surface area contributed by atoms with E-state index in [1.807, 2.05) is 31.1 Å². The Kier molecular flexibility index (Phi) is 2.73. The van der Waals surface area contributed by atoms with Crippen molar-refractivity contribution >= 4 is 11.6 Å². The van der Waals surface area contributed by atoms with Gasteiger partial charge in [0.1, 0.15) is 0 Å². The molecule has 4 heterocycles. The van der Waals surface area contributed by atoms with Crippen molar-refractivity contribution in [1.82, 2.24) is 9.88 Å². The van der Waals surface area contributed by atoms with Gasteiger partial charge >= 0.3 is 0 Å². The summed E-state index contributed by atoms with van der Waals surface area (Å²) < 4.78 is 0. The number of hydrogen-bond donors (Lipinski definition) is 0. The largest absolute Gasteiger partial charge is 0.369 e. The monoisotopic (exact) mass is 245 g/mol. The van der Waals surface area contributed by atoms with Crippen molar-refractivity contribution in [2.24, 2.45) is 5.92 Å². The summed E-state index contributed by atoms with van der Waals surface area (Å²) in [5, 5.41) is 0. The Labute approximate surface area is 108 Å². The van der Waals surface area contributed by atoms with E-state index in [1.165, 1.54) is 5.69 Å². The molecule has 0 aliphatic carbocycles. The number of carbonyl (C=O) groups excluding carboxylic acids is 1. The second kappa shape index (κ2) is 4.26. The smallest absolute Gasteiger partial charge is 0.227 e. The lowest BCUT2D eigenvalue weighted by Gasteiger charge is -2.32. The standard InChI is InChI=1S/C14H19N3O/c1-10-7-12(5-6-15-10)17-8-11-3-4-13(9-17)16(2)14(11)18/h5-7,11,13H,3-4,8-9H2,1-2H3/t11-,13+/m0/s1. The number of amides is 1. The first-order valence-corrected chi connectivity index (χ1v) is 6.59. The molecule has 0 spiro atoms. The third-order valence-electron chi connectivity index (χ3n) is 4.21. The minimum absolute atomic E-state index is 0.169. The normalized spacial score (nSPS) is 27.6. The molecule has 1 aromatic heterocycles. The van der Waals surface area contributed by atoms with Crippen LogP contribution in [0.25, 0.3) is 0 Å². The first-order valence-electron chi connectivity index (χ1n) is 6.59. The van der Waals surface area contributed by atoms with E-state index in [0.29, 0.717) is 11.9 Å². The number of pyridine rings is 1. The highest BCUT2D eigenvalue weighted by Gasteiger charge is 2.38. The van der Waals surface area contributed by atoms with Crippen LogP contribution in [0.3, 0.4) is 0 Å². The fourth-order valence-electron chi connectivity index (χ4n) is 3.09. The molecule has 0 unspecified atom stereocenters. The third kappa shape index (κ3) is 1.85. The minimum Gasteiger partial charge on any atom is -0.369 e. The highest BCUT2D eigenvalue weighted by Crippen LogP contribution is 2.30. The van der Waals surface area contributed by atoms with Crippen molar-refractivity contribution < 1.29 is 4.79 Å². The number of likely N-dealkylation sites (N-methyl/N-ethyl adjacent to an activating group) is 1. The number of anilines is 1. The van der Waals surface area contributed by atoms with Gasteiger partial charge < -0.3 is 9.80 Å². The lowest BCUT2D eigenvalue weighted by Crippen LogP contribution is -2.45. The van der Waals surface area contributed by atoms with Crippen LogP contribution >= 0.6 is 0 Å². The molecule has 96 valence electrons. The molecule has 3 fully saturated rings. The van der Waals surface area contributed by atoms with E-state index in [1.54, 1.807) is 0 Å². The number of rotatable bonds is 1. The molecule has 3 saturated heterocycles. The summed E-state index contributed by atoms with van der Waals surface area (Å²) in [5.41, 5.74) is 2.23. The number of aryl methyl sites for hydroxylation is 1. The Bertz CT molecular complexity index is 474. The second-order valence-electron chi connectivity index (χ2n) is 5.44. The van der Waals surface area contributed by atoms with E-state index < -0.39 is 0 Å². The van der Waals surface area contributed by atoms with Crippen molar-refractivity contribution in [2.45, 2.75) is 25.8 Å². The van der Waals surface area contributed by atoms with Crippen molar-refractivity contribution in [1.29, 1.82) is 0 Å². The highest BCUT2D eigenvalue weighted by molar-refractivity contribution is 5.81. The Hall–Kier alpha value is -1.58. The zero-order valence-corrected chi connectivity index (χ0v) is 11.0. The van der Waals surface area contributed by atoms with Crippen molar-refractivity contribution in [3.05, 3.63) is 24.0 Å². The number of hydrogen-bond acceptors (Lipinski definition) is 3. The number of nitrogens with zero attached hydrogens (tertiary/aromatic N) is 3. The first kappa shape index (κ1) is 11.5. The van der Waals surface area contributed by atoms with Gasteiger partial charge in [-0.1, -0.05) is 0 Å². The van der Waals surface area contributed by atoms with Crippen LogP contribution in [-0.4, -0.2) is 42.0 Å². The van der Waals surface area contributed by atoms with Gasteiger partial charge in [-0.3, -0.25) is 9.78 Å². The fourth-order valence-corrected chi connectivity index (χ4v) is 3.09. The van der Waals surface area contributed by atoms with Gasteiger partial charge in [0.05, 0.1) is 5.92 Å². The van der Waals surface area contributed by atoms with Crippen LogP contribution in [0.15, 0.2) is 18.3 Å². The van der Waals surface area contributed by atoms with E-state index in [9.17, 15) is 4.79 Å². The molecular formula is C14H19N3O. The quantitative estimate of drug-likeness (QED) is 0.751. The van der Waals surface area contributed by atoms with Gasteiger partial charge in [0.25, 0.3) is 0 Å². The van der Waals surface area contributed by atoms with Crippen molar-refractivity contribution in [3.8, 4) is 0 Å². The minimum atomic E-state index is 0.169. The number of fused-ring (bicyclic) bond motifs is 4. The maximum absolute atomic E-state index is 12.1. The summed E-state index contributed by atoms with van der Waals surface area (Å²) in [6, 6.07) is 4.52. The molecular weight excluding hydrogens is 226 g/mol. The Balaban J connectivity index is 1.90. The molecule has 18 heavy (non-hydrogen) atoms. The van der Waals surface area contributed by atoms with Crippen LogP contribution in [-0.2, 0) is 4.79 Å². The van der Waals surface area contributed by atoms with Crippen LogP contribution in [0, 0.1) is 12.8 Å². The van der Waals surface area contributed by atoms with Crippen molar-refractivity contribution in [3.63, 3.8) is 0 Å². The molecule has 4 rings (SSSR count). The summed E-state index contributed by atoms with van der Waals surface area (Å²) in [4.78, 5) is 20.7. The molecule has 3 aliphatic rings. The molecule has 0 N–H and O–H groups in total. The summed E-state index contributed by atoms with van der Waals surface area (Å²) in [7, 11) is 1.94. The molecule has 2 bridgehead atoms. The summed E-state index contributed by atoms with van der Waals surface area (Å²) in [6.07, 6.45) is 4.02. The summed E-state index contributed by atoms with van der Waals surface area (Å²) in [6.45, 7) is 3.80. The lowest BCUT2D eigenvalue weighted by atomic mass is 9.95. The molecule has 1 aromatic rings. The fraction of sp³-hybridized carbons (Fsp3) is 0.571. The highest BCUT2D eigenvalue weighted by atomic mass is 16.2. The average molecular weight is 245 g/mol. The van der Waals surface area contributed by atoms with Crippen molar-refractivity contribution in [2.75, 3.05) is 25.0 Å². The number of piperidine rings is 1. The molecule has 3 aliphatic heterocycles. The third-order valence-corrected chi connectivity index (χ3v) is 4.21. The van der Waals surface area contributed by atoms with Crippen LogP contribution in [0.2, 0.25) is 0 Å². The molecule has 4 heteroatoms. The van der Waals surface area contributed by atoms with E-state index in [0.717, 1.165) is 31.6 Å². The maximum atomic E-state index is 12.1. The van der Waals surface area contributed by atoms with Gasteiger partial charge in [0.2, 0.25) is 5.91 Å². The predicted molar refractivity (Wildman–Crippen MR) is 70.5 cm³/mol. The van der Waals surface area contributed by atoms with Gasteiger partial charge in [-0.25, -0.2) is 0 Å². The number of aromatic nitrogens is 1. The van der Waals surface area contributed by atoms with Gasteiger partial charge in [0.15, 0.2) is 0 Å². The van der Waals surface area contributed by atoms with Gasteiger partial charge in [-0.05, 0) is 31.9 Å². The number of carbonyl (C=O) groups is 1. The molecule has 2 atom stereocenters. The zero-order chi connectivity index (χ0) is 12.7. The zero-order valence-electron chi connectivity index (χ0n) is 11.0. The van der Waals surface area contributed by atoms with Crippen LogP contribution in [0.4, 0.5) is 5.69 Å². The average Bonchev–Trinajstić information content (AvgIpc) is 2.64. The lowest BCUT2D eigenvalue weighted by molar-refractivity contribution is -0.138. The summed E-state index contributed by atoms with van der Waals surface area (Å²) >= 11 is 0. The molecule has 1 amide bonds. The van der Waals surface area contributed by atoms with E-state index >= 15 is 0 Å². The Morgan fingerprint density at radius 1 is 1.33 bits per heavy atom. The molecule has 4 nitrogen and oxygen atoms in total. The van der Waals surface area contributed by atoms with E-state index in [2.05, 4.69) is 16.0 Å². The van der Waals surface area contributed by atoms with Crippen LogP contribution in [0.1, 0.15) is 18.5 Å². The maximum Gasteiger partial charge on any atom is 0.227 e. The SMILES string of the molecule is Cc1cc(N2C[C@@H]3CC[C@H](C2)N(C)C3=O)ccn1. The Morgan fingerprint density at radius 2 is 2.17 bits per heavy atom. The molecule has 0 aromatic carbocycles. The van der Waals surface area contributed by atoms with Gasteiger partial charge in [-0.2, -0.15) is 0 Å². The van der Waals surface area contributed by atoms with E-state index in [4.69, 9.17) is 0 Å². The van der Waals surface area contributed by atoms with E-state index in [-0.39, 0.29) is 5.92 Å². The van der Waals surface area contributed by atoms with Crippen LogP contribution < -0.4 is 4.90 Å². The topological polar surface area (TPSA) is 36.4 Å². The van der Waals surface area contributed by atoms with Gasteiger partial charge in [0, 0.05) is 43.8 Å². The molecule has 0 saturated carbocycles. The molecule has 0 radical (unpaired) electrons. The van der Waals surface area contributed by atoms with Crippen LogP contribution in [0.5, 0.6) is 0 Å².